The van der Waals surface area contributed by atoms with Crippen LogP contribution in [0.1, 0.15) is 5.82 Å². The van der Waals surface area contributed by atoms with E-state index in [1.165, 1.54) is 16.8 Å². The Hall–Kier alpha value is -1.80. The fraction of sp³-hybridized carbons (Fsp3) is 0.111. The van der Waals surface area contributed by atoms with Gasteiger partial charge >= 0.3 is 0 Å². The van der Waals surface area contributed by atoms with Gasteiger partial charge in [-0.05, 0) is 24.8 Å². The largest absolute Gasteiger partial charge is 0.336 e. The van der Waals surface area contributed by atoms with Crippen LogP contribution < -0.4 is 5.84 Å². The molecule has 94 valence electrons. The summed E-state index contributed by atoms with van der Waals surface area (Å²) >= 11 is 6.97. The van der Waals surface area contributed by atoms with Crippen molar-refractivity contribution in [3.8, 4) is 0 Å². The summed E-state index contributed by atoms with van der Waals surface area (Å²) in [5.74, 6) is 6.19. The molecule has 1 aromatic heterocycles. The van der Waals surface area contributed by atoms with E-state index in [1.54, 1.807) is 13.0 Å². The molecule has 9 heteroatoms. The van der Waals surface area contributed by atoms with E-state index in [9.17, 15) is 10.1 Å². The lowest BCUT2D eigenvalue weighted by Gasteiger charge is -2.04. The molecule has 2 aromatic rings. The Morgan fingerprint density at radius 3 is 2.78 bits per heavy atom. The van der Waals surface area contributed by atoms with E-state index >= 15 is 0 Å². The molecule has 0 saturated heterocycles. The summed E-state index contributed by atoms with van der Waals surface area (Å²) < 4.78 is 1.25. The van der Waals surface area contributed by atoms with Crippen LogP contribution in [-0.4, -0.2) is 19.8 Å². The van der Waals surface area contributed by atoms with Gasteiger partial charge < -0.3 is 5.84 Å². The first kappa shape index (κ1) is 12.7. The Labute approximate surface area is 111 Å². The van der Waals surface area contributed by atoms with Crippen molar-refractivity contribution in [1.82, 2.24) is 14.9 Å². The molecule has 0 aliphatic heterocycles. The molecule has 7 nitrogen and oxygen atoms in total. The number of nitro benzene ring substituents is 1. The number of halogens is 1. The highest BCUT2D eigenvalue weighted by atomic mass is 35.5. The Morgan fingerprint density at radius 2 is 2.22 bits per heavy atom. The third-order valence-electron chi connectivity index (χ3n) is 2.17. The summed E-state index contributed by atoms with van der Waals surface area (Å²) in [5, 5.41) is 19.1. The molecule has 0 aliphatic rings. The Balaban J connectivity index is 2.46. The molecule has 2 N–H and O–H groups in total. The predicted octanol–water partition coefficient (Wildman–Crippen LogP) is 2.01. The molecule has 0 bridgehead atoms. The molecule has 0 amide bonds. The third-order valence-corrected chi connectivity index (χ3v) is 3.69. The minimum Gasteiger partial charge on any atom is -0.336 e. The predicted molar refractivity (Wildman–Crippen MR) is 67.1 cm³/mol. The first-order valence-electron chi connectivity index (χ1n) is 4.78. The highest BCUT2D eigenvalue weighted by molar-refractivity contribution is 7.99. The van der Waals surface area contributed by atoms with Gasteiger partial charge in [0.2, 0.25) is 5.16 Å². The molecular formula is C9H8ClN5O2S. The zero-order valence-electron chi connectivity index (χ0n) is 9.20. The van der Waals surface area contributed by atoms with Crippen molar-refractivity contribution < 1.29 is 4.92 Å². The van der Waals surface area contributed by atoms with Crippen LogP contribution in [0.3, 0.4) is 0 Å². The van der Waals surface area contributed by atoms with Gasteiger partial charge in [-0.15, -0.1) is 10.2 Å². The first-order chi connectivity index (χ1) is 8.50. The number of rotatable bonds is 3. The van der Waals surface area contributed by atoms with E-state index in [4.69, 9.17) is 17.4 Å². The van der Waals surface area contributed by atoms with Crippen LogP contribution in [0, 0.1) is 17.0 Å². The zero-order valence-corrected chi connectivity index (χ0v) is 10.8. The van der Waals surface area contributed by atoms with Crippen LogP contribution in [0.2, 0.25) is 5.02 Å². The van der Waals surface area contributed by atoms with Gasteiger partial charge in [0.25, 0.3) is 5.69 Å². The fourth-order valence-corrected chi connectivity index (χ4v) is 2.45. The monoisotopic (exact) mass is 285 g/mol. The van der Waals surface area contributed by atoms with E-state index < -0.39 is 4.92 Å². The number of nitrogens with zero attached hydrogens (tertiary/aromatic N) is 4. The number of aryl methyl sites for hydroxylation is 1. The molecule has 0 atom stereocenters. The minimum absolute atomic E-state index is 0.0897. The molecule has 0 unspecified atom stereocenters. The van der Waals surface area contributed by atoms with E-state index in [0.29, 0.717) is 15.9 Å². The van der Waals surface area contributed by atoms with Crippen LogP contribution in [-0.2, 0) is 0 Å². The highest BCUT2D eigenvalue weighted by Gasteiger charge is 2.20. The second kappa shape index (κ2) is 4.83. The average molecular weight is 286 g/mol. The maximum Gasteiger partial charge on any atom is 0.284 e. The molecule has 0 saturated carbocycles. The Morgan fingerprint density at radius 1 is 1.50 bits per heavy atom. The van der Waals surface area contributed by atoms with Crippen molar-refractivity contribution in [3.63, 3.8) is 0 Å². The Kier molecular flexibility index (Phi) is 3.39. The number of nitrogens with two attached hydrogens (primary N) is 1. The normalized spacial score (nSPS) is 10.6. The van der Waals surface area contributed by atoms with E-state index in [2.05, 4.69) is 10.2 Å². The smallest absolute Gasteiger partial charge is 0.284 e. The van der Waals surface area contributed by atoms with Crippen molar-refractivity contribution in [1.29, 1.82) is 0 Å². The number of nitrogen functional groups attached to an aromatic ring is 1. The molecule has 0 radical (unpaired) electrons. The van der Waals surface area contributed by atoms with Gasteiger partial charge in [-0.25, -0.2) is 4.68 Å². The molecule has 1 aromatic carbocycles. The molecule has 18 heavy (non-hydrogen) atoms. The van der Waals surface area contributed by atoms with Crippen molar-refractivity contribution in [2.75, 3.05) is 5.84 Å². The third kappa shape index (κ3) is 2.24. The number of hydrogen-bond acceptors (Lipinski definition) is 6. The summed E-state index contributed by atoms with van der Waals surface area (Å²) in [4.78, 5) is 10.7. The van der Waals surface area contributed by atoms with Gasteiger partial charge in [0, 0.05) is 6.07 Å². The van der Waals surface area contributed by atoms with E-state index in [1.807, 2.05) is 0 Å². The van der Waals surface area contributed by atoms with Crippen LogP contribution in [0.5, 0.6) is 0 Å². The number of aromatic nitrogens is 3. The SMILES string of the molecule is Cc1nnc(Sc2c(Cl)cccc2[N+](=O)[O-])n1N. The second-order valence-electron chi connectivity index (χ2n) is 3.35. The first-order valence-corrected chi connectivity index (χ1v) is 5.98. The second-order valence-corrected chi connectivity index (χ2v) is 4.73. The average Bonchev–Trinajstić information content (AvgIpc) is 2.63. The lowest BCUT2D eigenvalue weighted by Crippen LogP contribution is -2.11. The van der Waals surface area contributed by atoms with Crippen LogP contribution in [0.15, 0.2) is 28.3 Å². The van der Waals surface area contributed by atoms with Gasteiger partial charge in [0.05, 0.1) is 9.95 Å². The van der Waals surface area contributed by atoms with Crippen molar-refractivity contribution >= 4 is 29.1 Å². The van der Waals surface area contributed by atoms with Gasteiger partial charge in [0.1, 0.15) is 10.7 Å². The molecule has 0 fully saturated rings. The lowest BCUT2D eigenvalue weighted by atomic mass is 10.3. The van der Waals surface area contributed by atoms with Crippen molar-refractivity contribution in [2.24, 2.45) is 0 Å². The van der Waals surface area contributed by atoms with Gasteiger partial charge in [0.15, 0.2) is 0 Å². The van der Waals surface area contributed by atoms with E-state index in [-0.39, 0.29) is 10.7 Å². The number of benzene rings is 1. The van der Waals surface area contributed by atoms with Crippen molar-refractivity contribution in [3.05, 3.63) is 39.2 Å². The summed E-state index contributed by atoms with van der Waals surface area (Å²) in [6.45, 7) is 1.68. The van der Waals surface area contributed by atoms with E-state index in [0.717, 1.165) is 11.8 Å². The lowest BCUT2D eigenvalue weighted by molar-refractivity contribution is -0.387. The van der Waals surface area contributed by atoms with Crippen LogP contribution >= 0.6 is 23.4 Å². The quantitative estimate of drug-likeness (QED) is 0.526. The van der Waals surface area contributed by atoms with Crippen LogP contribution in [0.4, 0.5) is 5.69 Å². The molecule has 0 aliphatic carbocycles. The van der Waals surface area contributed by atoms with Gasteiger partial charge in [-0.3, -0.25) is 10.1 Å². The zero-order chi connectivity index (χ0) is 13.3. The summed E-state index contributed by atoms with van der Waals surface area (Å²) in [6, 6.07) is 4.46. The fourth-order valence-electron chi connectivity index (χ4n) is 1.25. The standard InChI is InChI=1S/C9H8ClN5O2S/c1-5-12-13-9(14(5)11)18-8-6(10)3-2-4-7(8)15(16)17/h2-4H,11H2,1H3. The van der Waals surface area contributed by atoms with Gasteiger partial charge in [-0.2, -0.15) is 0 Å². The highest BCUT2D eigenvalue weighted by Crippen LogP contribution is 2.38. The molecule has 0 spiro atoms. The minimum atomic E-state index is -0.502. The topological polar surface area (TPSA) is 99.9 Å². The van der Waals surface area contributed by atoms with Gasteiger partial charge in [-0.1, -0.05) is 17.7 Å². The molecule has 2 rings (SSSR count). The maximum atomic E-state index is 10.9. The number of hydrogen-bond donors (Lipinski definition) is 1. The molecule has 1 heterocycles. The van der Waals surface area contributed by atoms with Crippen LogP contribution in [0.25, 0.3) is 0 Å². The summed E-state index contributed by atoms with van der Waals surface area (Å²) in [6.07, 6.45) is 0. The Bertz CT molecular complexity index is 615. The maximum absolute atomic E-state index is 10.9. The molecular weight excluding hydrogens is 278 g/mol. The summed E-state index contributed by atoms with van der Waals surface area (Å²) in [7, 11) is 0. The summed E-state index contributed by atoms with van der Waals surface area (Å²) in [5.41, 5.74) is -0.0897. The van der Waals surface area contributed by atoms with Crippen molar-refractivity contribution in [2.45, 2.75) is 17.0 Å². The number of nitro groups is 1.